The molecule has 92 valence electrons. The molecule has 0 atom stereocenters. The maximum Gasteiger partial charge on any atom is 0.119 e. The fourth-order valence-corrected chi connectivity index (χ4v) is 2.82. The van der Waals surface area contributed by atoms with Crippen molar-refractivity contribution in [3.05, 3.63) is 36.4 Å². The SMILES string of the molecule is COc1ccc2c(c1)-c1cc(OC)ccc1SN2. The van der Waals surface area contributed by atoms with Gasteiger partial charge in [-0.2, -0.15) is 0 Å². The van der Waals surface area contributed by atoms with Crippen LogP contribution in [0.5, 0.6) is 11.5 Å². The van der Waals surface area contributed by atoms with Crippen molar-refractivity contribution in [2.45, 2.75) is 4.90 Å². The van der Waals surface area contributed by atoms with E-state index < -0.39 is 0 Å². The predicted octanol–water partition coefficient (Wildman–Crippen LogP) is 3.80. The first-order valence-corrected chi connectivity index (χ1v) is 6.43. The summed E-state index contributed by atoms with van der Waals surface area (Å²) in [5, 5.41) is 0. The summed E-state index contributed by atoms with van der Waals surface area (Å²) in [5.74, 6) is 1.72. The highest BCUT2D eigenvalue weighted by molar-refractivity contribution is 8.00. The molecule has 2 aromatic carbocycles. The molecule has 0 saturated heterocycles. The number of rotatable bonds is 2. The molecule has 1 N–H and O–H groups in total. The molecule has 0 aliphatic carbocycles. The first kappa shape index (κ1) is 11.3. The number of ether oxygens (including phenoxy) is 2. The molecule has 0 spiro atoms. The molecule has 0 unspecified atom stereocenters. The number of methoxy groups -OCH3 is 2. The van der Waals surface area contributed by atoms with Crippen LogP contribution in [0.1, 0.15) is 0 Å². The monoisotopic (exact) mass is 259 g/mol. The van der Waals surface area contributed by atoms with E-state index in [1.54, 1.807) is 26.2 Å². The van der Waals surface area contributed by atoms with Crippen LogP contribution < -0.4 is 14.2 Å². The van der Waals surface area contributed by atoms with E-state index in [9.17, 15) is 0 Å². The van der Waals surface area contributed by atoms with Crippen LogP contribution in [0.4, 0.5) is 5.69 Å². The lowest BCUT2D eigenvalue weighted by atomic mass is 10.0. The third kappa shape index (κ3) is 1.78. The predicted molar refractivity (Wildman–Crippen MR) is 74.5 cm³/mol. The zero-order chi connectivity index (χ0) is 12.5. The normalized spacial score (nSPS) is 12.1. The second kappa shape index (κ2) is 4.46. The van der Waals surface area contributed by atoms with E-state index in [1.165, 1.54) is 10.5 Å². The van der Waals surface area contributed by atoms with Gasteiger partial charge in [0.15, 0.2) is 0 Å². The molecular weight excluding hydrogens is 246 g/mol. The molecule has 3 nitrogen and oxygen atoms in total. The van der Waals surface area contributed by atoms with E-state index in [0.717, 1.165) is 22.7 Å². The second-order valence-electron chi connectivity index (χ2n) is 3.98. The van der Waals surface area contributed by atoms with Gasteiger partial charge in [0.1, 0.15) is 11.5 Å². The van der Waals surface area contributed by atoms with Crippen LogP contribution >= 0.6 is 11.9 Å². The lowest BCUT2D eigenvalue weighted by Crippen LogP contribution is -1.99. The quantitative estimate of drug-likeness (QED) is 0.831. The first-order chi connectivity index (χ1) is 8.81. The van der Waals surface area contributed by atoms with Gasteiger partial charge in [0.05, 0.1) is 19.9 Å². The van der Waals surface area contributed by atoms with Crippen LogP contribution in [-0.4, -0.2) is 14.2 Å². The van der Waals surface area contributed by atoms with Gasteiger partial charge in [-0.25, -0.2) is 0 Å². The summed E-state index contributed by atoms with van der Waals surface area (Å²) in [5.41, 5.74) is 3.41. The number of hydrogen-bond acceptors (Lipinski definition) is 4. The third-order valence-electron chi connectivity index (χ3n) is 2.97. The number of benzene rings is 2. The molecule has 1 aliphatic rings. The maximum absolute atomic E-state index is 5.29. The highest BCUT2D eigenvalue weighted by Crippen LogP contribution is 2.44. The zero-order valence-electron chi connectivity index (χ0n) is 10.2. The fraction of sp³-hybridized carbons (Fsp3) is 0.143. The van der Waals surface area contributed by atoms with Crippen molar-refractivity contribution in [1.29, 1.82) is 0 Å². The van der Waals surface area contributed by atoms with Crippen LogP contribution in [0.15, 0.2) is 41.3 Å². The summed E-state index contributed by atoms with van der Waals surface area (Å²) in [6.07, 6.45) is 0. The number of nitrogens with one attached hydrogen (secondary N) is 1. The smallest absolute Gasteiger partial charge is 0.119 e. The van der Waals surface area contributed by atoms with Crippen molar-refractivity contribution in [3.8, 4) is 22.6 Å². The Bertz CT molecular complexity index is 545. The molecule has 4 heteroatoms. The van der Waals surface area contributed by atoms with Crippen molar-refractivity contribution >= 4 is 17.6 Å². The molecule has 18 heavy (non-hydrogen) atoms. The summed E-state index contributed by atoms with van der Waals surface area (Å²) in [7, 11) is 3.36. The van der Waals surface area contributed by atoms with Crippen molar-refractivity contribution in [1.82, 2.24) is 0 Å². The summed E-state index contributed by atoms with van der Waals surface area (Å²) >= 11 is 1.62. The Hall–Kier alpha value is -1.81. The lowest BCUT2D eigenvalue weighted by Gasteiger charge is -2.21. The molecule has 1 aliphatic heterocycles. The van der Waals surface area contributed by atoms with Gasteiger partial charge in [-0.15, -0.1) is 0 Å². The average Bonchev–Trinajstić information content (AvgIpc) is 2.45. The Kier molecular flexibility index (Phi) is 2.80. The molecule has 1 heterocycles. The minimum Gasteiger partial charge on any atom is -0.497 e. The van der Waals surface area contributed by atoms with Gasteiger partial charge >= 0.3 is 0 Å². The van der Waals surface area contributed by atoms with Crippen LogP contribution in [-0.2, 0) is 0 Å². The Morgan fingerprint density at radius 3 is 2.28 bits per heavy atom. The van der Waals surface area contributed by atoms with Crippen LogP contribution in [0.25, 0.3) is 11.1 Å². The lowest BCUT2D eigenvalue weighted by molar-refractivity contribution is 0.414. The maximum atomic E-state index is 5.29. The van der Waals surface area contributed by atoms with Crippen LogP contribution in [0.2, 0.25) is 0 Å². The second-order valence-corrected chi connectivity index (χ2v) is 4.83. The molecule has 0 saturated carbocycles. The minimum atomic E-state index is 0.858. The topological polar surface area (TPSA) is 30.5 Å². The molecule has 3 rings (SSSR count). The van der Waals surface area contributed by atoms with Gasteiger partial charge < -0.3 is 14.2 Å². The molecule has 0 radical (unpaired) electrons. The highest BCUT2D eigenvalue weighted by atomic mass is 32.2. The number of fused-ring (bicyclic) bond motifs is 3. The van der Waals surface area contributed by atoms with Crippen molar-refractivity contribution in [2.75, 3.05) is 18.9 Å². The molecular formula is C14H13NO2S. The zero-order valence-corrected chi connectivity index (χ0v) is 11.0. The third-order valence-corrected chi connectivity index (χ3v) is 3.87. The molecule has 0 amide bonds. The van der Waals surface area contributed by atoms with E-state index in [2.05, 4.69) is 16.9 Å². The summed E-state index contributed by atoms with van der Waals surface area (Å²) in [6.45, 7) is 0. The van der Waals surface area contributed by atoms with E-state index >= 15 is 0 Å². The standard InChI is InChI=1S/C14H13NO2S/c1-16-9-3-5-13-11(7-9)12-8-10(17-2)4-6-14(12)18-15-13/h3-8,15H,1-2H3. The van der Waals surface area contributed by atoms with Crippen molar-refractivity contribution < 1.29 is 9.47 Å². The Morgan fingerprint density at radius 1 is 0.889 bits per heavy atom. The van der Waals surface area contributed by atoms with Gasteiger partial charge in [-0.3, -0.25) is 0 Å². The fourth-order valence-electron chi connectivity index (χ4n) is 2.01. The first-order valence-electron chi connectivity index (χ1n) is 5.61. The van der Waals surface area contributed by atoms with E-state index in [1.807, 2.05) is 24.3 Å². The van der Waals surface area contributed by atoms with Crippen LogP contribution in [0.3, 0.4) is 0 Å². The highest BCUT2D eigenvalue weighted by Gasteiger charge is 2.17. The van der Waals surface area contributed by atoms with E-state index in [-0.39, 0.29) is 0 Å². The molecule has 2 aromatic rings. The van der Waals surface area contributed by atoms with Crippen molar-refractivity contribution in [3.63, 3.8) is 0 Å². The van der Waals surface area contributed by atoms with Crippen LogP contribution in [0, 0.1) is 0 Å². The summed E-state index contributed by atoms with van der Waals surface area (Å²) < 4.78 is 13.9. The molecule has 0 fully saturated rings. The number of hydrogen-bond donors (Lipinski definition) is 1. The Morgan fingerprint density at radius 2 is 1.56 bits per heavy atom. The number of anilines is 1. The van der Waals surface area contributed by atoms with Gasteiger partial charge in [0, 0.05) is 16.0 Å². The van der Waals surface area contributed by atoms with Gasteiger partial charge in [0.25, 0.3) is 0 Å². The summed E-state index contributed by atoms with van der Waals surface area (Å²) in [4.78, 5) is 1.19. The summed E-state index contributed by atoms with van der Waals surface area (Å²) in [6, 6.07) is 12.1. The Balaban J connectivity index is 2.18. The van der Waals surface area contributed by atoms with Gasteiger partial charge in [-0.1, -0.05) is 0 Å². The molecule has 0 bridgehead atoms. The molecule has 0 aromatic heterocycles. The minimum absolute atomic E-state index is 0.858. The van der Waals surface area contributed by atoms with E-state index in [0.29, 0.717) is 0 Å². The van der Waals surface area contributed by atoms with Gasteiger partial charge in [-0.05, 0) is 48.3 Å². The van der Waals surface area contributed by atoms with Crippen molar-refractivity contribution in [2.24, 2.45) is 0 Å². The Labute approximate surface area is 110 Å². The average molecular weight is 259 g/mol. The van der Waals surface area contributed by atoms with Gasteiger partial charge in [0.2, 0.25) is 0 Å². The largest absolute Gasteiger partial charge is 0.497 e. The van der Waals surface area contributed by atoms with E-state index in [4.69, 9.17) is 9.47 Å².